The molecule has 1 fully saturated rings. The standard InChI is InChI=1S/C29H29F3O2/c1-3-5-16-33-27-15-13-24(28(31)29(27)32)21-9-7-20(8-10-21)23-12-11-22(17-25(23)30)26-14-6-19(4-2)18-34-26/h4,7-13,15,17,19,26H,2-3,5-6,14,16,18H2,1H3. The monoisotopic (exact) mass is 466 g/mol. The molecule has 2 atom stereocenters. The second-order valence-corrected chi connectivity index (χ2v) is 8.65. The number of unbranched alkanes of at least 4 members (excludes halogenated alkanes) is 1. The number of hydrogen-bond donors (Lipinski definition) is 0. The van der Waals surface area contributed by atoms with Crippen LogP contribution < -0.4 is 4.74 Å². The second kappa shape index (κ2) is 10.9. The Hall–Kier alpha value is -3.05. The summed E-state index contributed by atoms with van der Waals surface area (Å²) in [6.45, 7) is 6.75. The molecule has 0 aliphatic carbocycles. The van der Waals surface area contributed by atoms with Crippen molar-refractivity contribution in [3.8, 4) is 28.0 Å². The average Bonchev–Trinajstić information content (AvgIpc) is 2.87. The van der Waals surface area contributed by atoms with Gasteiger partial charge in [0.2, 0.25) is 5.82 Å². The fourth-order valence-corrected chi connectivity index (χ4v) is 4.21. The van der Waals surface area contributed by atoms with Crippen molar-refractivity contribution in [1.82, 2.24) is 0 Å². The van der Waals surface area contributed by atoms with E-state index in [0.717, 1.165) is 31.2 Å². The molecule has 0 radical (unpaired) electrons. The Balaban J connectivity index is 1.51. The van der Waals surface area contributed by atoms with E-state index >= 15 is 0 Å². The van der Waals surface area contributed by atoms with Crippen molar-refractivity contribution in [2.24, 2.45) is 5.92 Å². The summed E-state index contributed by atoms with van der Waals surface area (Å²) in [5.74, 6) is -2.03. The molecule has 1 aliphatic heterocycles. The Morgan fingerprint density at radius 3 is 2.26 bits per heavy atom. The zero-order chi connectivity index (χ0) is 24.1. The molecule has 178 valence electrons. The van der Waals surface area contributed by atoms with E-state index in [-0.39, 0.29) is 23.2 Å². The summed E-state index contributed by atoms with van der Waals surface area (Å²) in [5, 5.41) is 0. The molecular formula is C29H29F3O2. The van der Waals surface area contributed by atoms with E-state index in [1.807, 2.05) is 19.1 Å². The van der Waals surface area contributed by atoms with Crippen LogP contribution in [0.1, 0.15) is 44.3 Å². The van der Waals surface area contributed by atoms with Crippen LogP contribution in [0.4, 0.5) is 13.2 Å². The predicted octanol–water partition coefficient (Wildman–Crippen LogP) is 8.27. The van der Waals surface area contributed by atoms with Gasteiger partial charge in [-0.1, -0.05) is 55.8 Å². The average molecular weight is 467 g/mol. The molecule has 0 amide bonds. The van der Waals surface area contributed by atoms with E-state index in [1.54, 1.807) is 30.3 Å². The zero-order valence-corrected chi connectivity index (χ0v) is 19.3. The highest BCUT2D eigenvalue weighted by molar-refractivity contribution is 5.71. The molecule has 1 heterocycles. The molecule has 0 N–H and O–H groups in total. The van der Waals surface area contributed by atoms with E-state index in [0.29, 0.717) is 35.8 Å². The van der Waals surface area contributed by atoms with E-state index in [2.05, 4.69) is 6.58 Å². The van der Waals surface area contributed by atoms with Crippen molar-refractivity contribution in [2.75, 3.05) is 13.2 Å². The molecular weight excluding hydrogens is 437 g/mol. The van der Waals surface area contributed by atoms with Gasteiger partial charge in [-0.3, -0.25) is 0 Å². The predicted molar refractivity (Wildman–Crippen MR) is 129 cm³/mol. The number of halogens is 3. The lowest BCUT2D eigenvalue weighted by molar-refractivity contribution is -0.00528. The van der Waals surface area contributed by atoms with Crippen molar-refractivity contribution in [3.63, 3.8) is 0 Å². The molecule has 34 heavy (non-hydrogen) atoms. The van der Waals surface area contributed by atoms with Gasteiger partial charge in [0.15, 0.2) is 11.6 Å². The summed E-state index contributed by atoms with van der Waals surface area (Å²) in [4.78, 5) is 0. The first-order valence-electron chi connectivity index (χ1n) is 11.8. The van der Waals surface area contributed by atoms with Gasteiger partial charge in [-0.05, 0) is 54.2 Å². The van der Waals surface area contributed by atoms with Gasteiger partial charge in [0.05, 0.1) is 19.3 Å². The van der Waals surface area contributed by atoms with Crippen LogP contribution in [0.5, 0.6) is 5.75 Å². The van der Waals surface area contributed by atoms with E-state index < -0.39 is 11.6 Å². The minimum atomic E-state index is -0.997. The van der Waals surface area contributed by atoms with Crippen LogP contribution in [0.15, 0.2) is 67.3 Å². The third-order valence-electron chi connectivity index (χ3n) is 6.32. The molecule has 4 rings (SSSR count). The fourth-order valence-electron chi connectivity index (χ4n) is 4.21. The van der Waals surface area contributed by atoms with Crippen LogP contribution in [-0.4, -0.2) is 13.2 Å². The van der Waals surface area contributed by atoms with Gasteiger partial charge in [-0.2, -0.15) is 4.39 Å². The fraction of sp³-hybridized carbons (Fsp3) is 0.310. The van der Waals surface area contributed by atoms with Crippen LogP contribution >= 0.6 is 0 Å². The lowest BCUT2D eigenvalue weighted by Gasteiger charge is -2.27. The first-order chi connectivity index (χ1) is 16.5. The third-order valence-corrected chi connectivity index (χ3v) is 6.32. The SMILES string of the molecule is C=CC1CCC(c2ccc(-c3ccc(-c4ccc(OCCCC)c(F)c4F)cc3)c(F)c2)OC1. The van der Waals surface area contributed by atoms with E-state index in [9.17, 15) is 13.2 Å². The Kier molecular flexibility index (Phi) is 7.73. The highest BCUT2D eigenvalue weighted by Gasteiger charge is 2.22. The van der Waals surface area contributed by atoms with Crippen molar-refractivity contribution in [3.05, 3.63) is 90.3 Å². The van der Waals surface area contributed by atoms with Crippen molar-refractivity contribution in [2.45, 2.75) is 38.7 Å². The van der Waals surface area contributed by atoms with Gasteiger partial charge in [0, 0.05) is 17.0 Å². The summed E-state index contributed by atoms with van der Waals surface area (Å²) in [7, 11) is 0. The normalized spacial score (nSPS) is 18.0. The molecule has 2 nitrogen and oxygen atoms in total. The van der Waals surface area contributed by atoms with Crippen molar-refractivity contribution in [1.29, 1.82) is 0 Å². The van der Waals surface area contributed by atoms with Crippen LogP contribution in [0.25, 0.3) is 22.3 Å². The van der Waals surface area contributed by atoms with E-state index in [4.69, 9.17) is 9.47 Å². The minimum Gasteiger partial charge on any atom is -0.490 e. The van der Waals surface area contributed by atoms with Gasteiger partial charge in [0.25, 0.3) is 0 Å². The number of hydrogen-bond acceptors (Lipinski definition) is 2. The van der Waals surface area contributed by atoms with Crippen LogP contribution in [0.2, 0.25) is 0 Å². The second-order valence-electron chi connectivity index (χ2n) is 8.65. The Labute approximate surface area is 199 Å². The maximum absolute atomic E-state index is 15.0. The maximum atomic E-state index is 15.0. The molecule has 1 aliphatic rings. The topological polar surface area (TPSA) is 18.5 Å². The molecule has 0 spiro atoms. The van der Waals surface area contributed by atoms with Crippen LogP contribution in [-0.2, 0) is 4.74 Å². The molecule has 1 saturated heterocycles. The summed E-state index contributed by atoms with van der Waals surface area (Å²) < 4.78 is 55.3. The van der Waals surface area contributed by atoms with Gasteiger partial charge < -0.3 is 9.47 Å². The Bertz CT molecular complexity index is 1130. The zero-order valence-electron chi connectivity index (χ0n) is 19.3. The lowest BCUT2D eigenvalue weighted by atomic mass is 9.93. The molecule has 0 bridgehead atoms. The lowest BCUT2D eigenvalue weighted by Crippen LogP contribution is -2.19. The van der Waals surface area contributed by atoms with Gasteiger partial charge in [0.1, 0.15) is 5.82 Å². The summed E-state index contributed by atoms with van der Waals surface area (Å²) >= 11 is 0. The molecule has 0 saturated carbocycles. The van der Waals surface area contributed by atoms with Gasteiger partial charge in [-0.25, -0.2) is 8.78 Å². The molecule has 3 aromatic rings. The highest BCUT2D eigenvalue weighted by Crippen LogP contribution is 2.35. The van der Waals surface area contributed by atoms with Gasteiger partial charge in [-0.15, -0.1) is 6.58 Å². The van der Waals surface area contributed by atoms with E-state index in [1.165, 1.54) is 18.2 Å². The molecule has 5 heteroatoms. The quantitative estimate of drug-likeness (QED) is 0.246. The summed E-state index contributed by atoms with van der Waals surface area (Å²) in [6.07, 6.45) is 5.26. The number of benzene rings is 3. The molecule has 0 aromatic heterocycles. The van der Waals surface area contributed by atoms with Crippen LogP contribution in [0, 0.1) is 23.4 Å². The Morgan fingerprint density at radius 1 is 0.941 bits per heavy atom. The van der Waals surface area contributed by atoms with Crippen LogP contribution in [0.3, 0.4) is 0 Å². The van der Waals surface area contributed by atoms with Gasteiger partial charge >= 0.3 is 0 Å². The smallest absolute Gasteiger partial charge is 0.201 e. The third kappa shape index (κ3) is 5.20. The maximum Gasteiger partial charge on any atom is 0.201 e. The first kappa shape index (κ1) is 24.1. The first-order valence-corrected chi connectivity index (χ1v) is 11.8. The highest BCUT2D eigenvalue weighted by atomic mass is 19.2. The number of rotatable bonds is 8. The summed E-state index contributed by atoms with van der Waals surface area (Å²) in [5.41, 5.74) is 2.56. The molecule has 2 unspecified atom stereocenters. The molecule has 3 aromatic carbocycles. The number of ether oxygens (including phenoxy) is 2. The van der Waals surface area contributed by atoms with Crippen molar-refractivity contribution >= 4 is 0 Å². The minimum absolute atomic E-state index is 0.0876. The summed E-state index contributed by atoms with van der Waals surface area (Å²) in [6, 6.07) is 14.9. The largest absolute Gasteiger partial charge is 0.490 e. The van der Waals surface area contributed by atoms with Crippen molar-refractivity contribution < 1.29 is 22.6 Å². The Morgan fingerprint density at radius 2 is 1.65 bits per heavy atom.